The monoisotopic (exact) mass is 403 g/mol. The number of benzene rings is 2. The number of nitrogens with one attached hydrogen (secondary N) is 1. The van der Waals surface area contributed by atoms with Gasteiger partial charge in [0.25, 0.3) is 5.66 Å². The van der Waals surface area contributed by atoms with Gasteiger partial charge in [-0.05, 0) is 19.4 Å². The number of carbonyl (C=O) groups excluding carboxylic acids is 1. The molecule has 2 amide bonds. The minimum Gasteiger partial charge on any atom is -0.301 e. The minimum absolute atomic E-state index is 0.00257. The Hall–Kier alpha value is -2.74. The van der Waals surface area contributed by atoms with Gasteiger partial charge < -0.3 is 5.32 Å². The molecule has 4 nitrogen and oxygen atoms in total. The molecule has 144 valence electrons. The van der Waals surface area contributed by atoms with Crippen LogP contribution in [0, 0.1) is 13.8 Å². The van der Waals surface area contributed by atoms with Crippen molar-refractivity contribution in [1.29, 1.82) is 0 Å². The number of aliphatic imine (C=N–C) groups is 1. The van der Waals surface area contributed by atoms with Crippen LogP contribution in [0.3, 0.4) is 0 Å². The van der Waals surface area contributed by atoms with Gasteiger partial charge in [0.05, 0.1) is 5.70 Å². The third-order valence-corrected chi connectivity index (χ3v) is 5.52. The van der Waals surface area contributed by atoms with Crippen LogP contribution < -0.4 is 5.32 Å². The number of rotatable bonds is 2. The number of hydrogen-bond acceptors (Lipinski definition) is 3. The predicted octanol–water partition coefficient (Wildman–Crippen LogP) is 5.15. The van der Waals surface area contributed by atoms with Gasteiger partial charge in [-0.1, -0.05) is 71.4 Å². The maximum absolute atomic E-state index is 14.1. The number of nitrogens with zero attached hydrogens (tertiary/aromatic N) is 2. The second kappa shape index (κ2) is 6.41. The van der Waals surface area contributed by atoms with Gasteiger partial charge in [0.1, 0.15) is 0 Å². The van der Waals surface area contributed by atoms with E-state index in [2.05, 4.69) is 10.3 Å². The summed E-state index contributed by atoms with van der Waals surface area (Å²) in [7, 11) is 0. The van der Waals surface area contributed by atoms with Crippen LogP contribution in [0.15, 0.2) is 58.9 Å². The molecule has 2 aromatic carbocycles. The van der Waals surface area contributed by atoms with Crippen LogP contribution in [-0.4, -0.2) is 22.3 Å². The summed E-state index contributed by atoms with van der Waals surface area (Å²) in [6.45, 7) is 3.71. The average Bonchev–Trinajstić information content (AvgIpc) is 3.06. The Morgan fingerprint density at radius 2 is 1.57 bits per heavy atom. The van der Waals surface area contributed by atoms with Crippen LogP contribution in [0.2, 0.25) is 0 Å². The molecule has 2 heterocycles. The van der Waals surface area contributed by atoms with Gasteiger partial charge in [-0.3, -0.25) is 0 Å². The first-order chi connectivity index (χ1) is 13.2. The second-order valence-corrected chi connectivity index (χ2v) is 7.56. The third-order valence-electron chi connectivity index (χ3n) is 4.69. The standard InChI is InChI=1S/C20H16F3N3OS/c1-12-3-7-14(8-4-12)16-11-28-18-25-19(20(21,22)23,24-17(27)26(16)18)15-9-5-13(2)6-10-15/h3-11H,1-2H3,(H,24,27). The smallest absolute Gasteiger partial charge is 0.301 e. The number of hydrogen-bond donors (Lipinski definition) is 1. The van der Waals surface area contributed by atoms with Crippen molar-refractivity contribution in [2.24, 2.45) is 4.99 Å². The molecular weight excluding hydrogens is 387 g/mol. The number of amidine groups is 1. The summed E-state index contributed by atoms with van der Waals surface area (Å²) in [5, 5.41) is 3.75. The van der Waals surface area contributed by atoms with Gasteiger partial charge in [-0.2, -0.15) is 13.2 Å². The summed E-state index contributed by atoms with van der Waals surface area (Å²) in [6.07, 6.45) is -4.80. The van der Waals surface area contributed by atoms with Gasteiger partial charge in [0, 0.05) is 11.0 Å². The van der Waals surface area contributed by atoms with Crippen molar-refractivity contribution in [1.82, 2.24) is 10.2 Å². The first-order valence-electron chi connectivity index (χ1n) is 8.51. The molecule has 1 N–H and O–H groups in total. The molecule has 8 heteroatoms. The highest BCUT2D eigenvalue weighted by Crippen LogP contribution is 2.46. The maximum Gasteiger partial charge on any atom is 0.436 e. The number of amides is 2. The molecular formula is C20H16F3N3OS. The van der Waals surface area contributed by atoms with Crippen LogP contribution in [0.1, 0.15) is 22.3 Å². The van der Waals surface area contributed by atoms with Gasteiger partial charge in [-0.15, -0.1) is 0 Å². The van der Waals surface area contributed by atoms with Crippen molar-refractivity contribution in [2.45, 2.75) is 25.7 Å². The summed E-state index contributed by atoms with van der Waals surface area (Å²) >= 11 is 1.01. The highest BCUT2D eigenvalue weighted by molar-refractivity contribution is 8.16. The minimum atomic E-state index is -4.80. The number of alkyl halides is 3. The van der Waals surface area contributed by atoms with E-state index in [-0.39, 0.29) is 10.7 Å². The molecule has 28 heavy (non-hydrogen) atoms. The molecule has 2 aromatic rings. The molecule has 2 aliphatic heterocycles. The zero-order valence-corrected chi connectivity index (χ0v) is 15.9. The normalized spacial score (nSPS) is 21.8. The van der Waals surface area contributed by atoms with Crippen LogP contribution in [-0.2, 0) is 5.66 Å². The number of aryl methyl sites for hydroxylation is 2. The first-order valence-corrected chi connectivity index (χ1v) is 9.39. The SMILES string of the molecule is Cc1ccc(C2=CSC3=NC(c4ccc(C)cc4)(C(F)(F)F)NC(=O)N23)cc1. The highest BCUT2D eigenvalue weighted by atomic mass is 32.2. The number of thioether (sulfide) groups is 1. The lowest BCUT2D eigenvalue weighted by molar-refractivity contribution is -0.196. The molecule has 4 rings (SSSR count). The van der Waals surface area contributed by atoms with E-state index in [4.69, 9.17) is 0 Å². The highest BCUT2D eigenvalue weighted by Gasteiger charge is 2.61. The molecule has 1 unspecified atom stereocenters. The Labute approximate surface area is 164 Å². The fourth-order valence-corrected chi connectivity index (χ4v) is 4.06. The van der Waals surface area contributed by atoms with Crippen molar-refractivity contribution >= 4 is 28.7 Å². The lowest BCUT2D eigenvalue weighted by atomic mass is 9.97. The molecule has 1 atom stereocenters. The number of halogens is 3. The van der Waals surface area contributed by atoms with Crippen molar-refractivity contribution in [3.63, 3.8) is 0 Å². The number of carbonyl (C=O) groups is 1. The first kappa shape index (κ1) is 18.6. The van der Waals surface area contributed by atoms with E-state index in [1.807, 2.05) is 31.2 Å². The van der Waals surface area contributed by atoms with E-state index in [9.17, 15) is 18.0 Å². The summed E-state index contributed by atoms with van der Waals surface area (Å²) < 4.78 is 42.3. The van der Waals surface area contributed by atoms with Crippen LogP contribution in [0.25, 0.3) is 5.70 Å². The van der Waals surface area contributed by atoms with Gasteiger partial charge in [0.15, 0.2) is 5.17 Å². The second-order valence-electron chi connectivity index (χ2n) is 6.72. The van der Waals surface area contributed by atoms with Crippen LogP contribution >= 0.6 is 11.8 Å². The molecule has 0 saturated heterocycles. The zero-order chi connectivity index (χ0) is 20.1. The summed E-state index contributed by atoms with van der Waals surface area (Å²) in [5.41, 5.74) is 0.149. The molecule has 0 bridgehead atoms. The molecule has 0 spiro atoms. The van der Waals surface area contributed by atoms with Crippen LogP contribution in [0.5, 0.6) is 0 Å². The largest absolute Gasteiger partial charge is 0.436 e. The fraction of sp³-hybridized carbons (Fsp3) is 0.200. The summed E-state index contributed by atoms with van der Waals surface area (Å²) in [6, 6.07) is 12.4. The van der Waals surface area contributed by atoms with Crippen molar-refractivity contribution in [3.05, 3.63) is 76.2 Å². The van der Waals surface area contributed by atoms with E-state index in [0.717, 1.165) is 28.5 Å². The molecule has 0 aliphatic carbocycles. The molecule has 2 aliphatic rings. The molecule has 0 saturated carbocycles. The molecule has 0 aromatic heterocycles. The van der Waals surface area contributed by atoms with E-state index in [1.165, 1.54) is 17.0 Å². The Balaban J connectivity index is 1.80. The topological polar surface area (TPSA) is 44.7 Å². The Bertz CT molecular complexity index is 997. The molecule has 0 fully saturated rings. The van der Waals surface area contributed by atoms with Crippen molar-refractivity contribution < 1.29 is 18.0 Å². The Morgan fingerprint density at radius 1 is 1.00 bits per heavy atom. The van der Waals surface area contributed by atoms with Gasteiger partial charge in [0.2, 0.25) is 0 Å². The van der Waals surface area contributed by atoms with E-state index in [1.54, 1.807) is 24.5 Å². The fourth-order valence-electron chi connectivity index (χ4n) is 3.12. The molecule has 0 radical (unpaired) electrons. The maximum atomic E-state index is 14.1. The summed E-state index contributed by atoms with van der Waals surface area (Å²) in [4.78, 5) is 18.0. The van der Waals surface area contributed by atoms with E-state index < -0.39 is 17.9 Å². The van der Waals surface area contributed by atoms with Crippen molar-refractivity contribution in [3.8, 4) is 0 Å². The summed E-state index contributed by atoms with van der Waals surface area (Å²) in [5.74, 6) is 0. The quantitative estimate of drug-likeness (QED) is 0.754. The average molecular weight is 403 g/mol. The van der Waals surface area contributed by atoms with E-state index in [0.29, 0.717) is 5.70 Å². The Morgan fingerprint density at radius 3 is 2.14 bits per heavy atom. The number of urea groups is 1. The zero-order valence-electron chi connectivity index (χ0n) is 15.0. The number of fused-ring (bicyclic) bond motifs is 1. The predicted molar refractivity (Wildman–Crippen MR) is 103 cm³/mol. The van der Waals surface area contributed by atoms with E-state index >= 15 is 0 Å². The van der Waals surface area contributed by atoms with Gasteiger partial charge >= 0.3 is 12.2 Å². The van der Waals surface area contributed by atoms with Crippen LogP contribution in [0.4, 0.5) is 18.0 Å². The lowest BCUT2D eigenvalue weighted by Gasteiger charge is -2.39. The van der Waals surface area contributed by atoms with Crippen molar-refractivity contribution in [2.75, 3.05) is 0 Å². The lowest BCUT2D eigenvalue weighted by Crippen LogP contribution is -2.61. The Kier molecular flexibility index (Phi) is 4.26. The van der Waals surface area contributed by atoms with Gasteiger partial charge in [-0.25, -0.2) is 14.7 Å². The third kappa shape index (κ3) is 2.88.